The number of ether oxygens (including phenoxy) is 1. The summed E-state index contributed by atoms with van der Waals surface area (Å²) in [6.07, 6.45) is 2.75. The van der Waals surface area contributed by atoms with E-state index >= 15 is 0 Å². The molecule has 0 spiro atoms. The topological polar surface area (TPSA) is 168 Å². The van der Waals surface area contributed by atoms with Gasteiger partial charge >= 0.3 is 11.9 Å². The predicted octanol–water partition coefficient (Wildman–Crippen LogP) is 2.14. The molecular formula is C26H35ClN4O7. The van der Waals surface area contributed by atoms with E-state index in [0.717, 1.165) is 6.08 Å². The molecular weight excluding hydrogens is 516 g/mol. The summed E-state index contributed by atoms with van der Waals surface area (Å²) in [7, 11) is 0. The van der Waals surface area contributed by atoms with Crippen molar-refractivity contribution in [2.75, 3.05) is 18.9 Å². The molecule has 1 aliphatic heterocycles. The first kappa shape index (κ1) is 30.6. The molecule has 1 aromatic rings. The fourth-order valence-electron chi connectivity index (χ4n) is 4.02. The van der Waals surface area contributed by atoms with Crippen molar-refractivity contribution in [2.45, 2.75) is 65.1 Å². The van der Waals surface area contributed by atoms with Gasteiger partial charge in [-0.1, -0.05) is 38.4 Å². The number of carboxylic acids is 1. The van der Waals surface area contributed by atoms with Crippen LogP contribution in [0.4, 0.5) is 5.69 Å². The molecule has 2 rings (SSSR count). The number of carboxylic acid groups (broad SMARTS) is 1. The molecule has 12 heteroatoms. The van der Waals surface area contributed by atoms with Gasteiger partial charge in [0, 0.05) is 18.2 Å². The standard InChI is InChI=1S/C26H35ClN4O7/c1-5-38-21(34)11-9-16(14-20(32)33)29-24(36)19-7-6-12-31(19)25(37)22(26(2,3)4)30-23(35)15-8-10-18(28)17(27)13-15/h8-11,13,16,19,22H,5-7,12,14,28H2,1-4H3,(H,29,36)(H,30,35)(H,32,33)/b11-9+/t16-,19-,22?/m1/s1. The second-order valence-electron chi connectivity index (χ2n) is 10.0. The van der Waals surface area contributed by atoms with Gasteiger partial charge in [0.2, 0.25) is 11.8 Å². The number of nitrogens with two attached hydrogens (primary N) is 1. The molecule has 1 aliphatic rings. The number of carbonyl (C=O) groups is 5. The number of nitrogens with one attached hydrogen (secondary N) is 2. The Morgan fingerprint density at radius 1 is 1.24 bits per heavy atom. The molecule has 208 valence electrons. The number of likely N-dealkylation sites (tertiary alicyclic amines) is 1. The smallest absolute Gasteiger partial charge is 0.330 e. The Hall–Kier alpha value is -3.60. The lowest BCUT2D eigenvalue weighted by Crippen LogP contribution is -2.58. The summed E-state index contributed by atoms with van der Waals surface area (Å²) >= 11 is 6.04. The third-order valence-electron chi connectivity index (χ3n) is 5.96. The second-order valence-corrected chi connectivity index (χ2v) is 10.4. The van der Waals surface area contributed by atoms with Crippen LogP contribution in [-0.4, -0.2) is 70.9 Å². The zero-order chi connectivity index (χ0) is 28.6. The number of carbonyl (C=O) groups excluding carboxylic acids is 4. The molecule has 38 heavy (non-hydrogen) atoms. The molecule has 5 N–H and O–H groups in total. The van der Waals surface area contributed by atoms with Crippen LogP contribution in [0.15, 0.2) is 30.4 Å². The Morgan fingerprint density at radius 2 is 1.92 bits per heavy atom. The first-order valence-corrected chi connectivity index (χ1v) is 12.7. The minimum atomic E-state index is -1.18. The van der Waals surface area contributed by atoms with Crippen molar-refractivity contribution in [1.29, 1.82) is 0 Å². The summed E-state index contributed by atoms with van der Waals surface area (Å²) in [5.74, 6) is -3.37. The lowest BCUT2D eigenvalue weighted by molar-refractivity contribution is -0.142. The van der Waals surface area contributed by atoms with Gasteiger partial charge in [-0.2, -0.15) is 0 Å². The second kappa shape index (κ2) is 13.3. The molecule has 1 fully saturated rings. The molecule has 1 aromatic carbocycles. The largest absolute Gasteiger partial charge is 0.481 e. The summed E-state index contributed by atoms with van der Waals surface area (Å²) in [4.78, 5) is 64.1. The summed E-state index contributed by atoms with van der Waals surface area (Å²) in [5.41, 5.74) is 5.56. The van der Waals surface area contributed by atoms with Crippen molar-refractivity contribution in [2.24, 2.45) is 5.41 Å². The van der Waals surface area contributed by atoms with Gasteiger partial charge in [0.05, 0.1) is 29.8 Å². The molecule has 0 bridgehead atoms. The molecule has 1 unspecified atom stereocenters. The van der Waals surface area contributed by atoms with E-state index in [-0.39, 0.29) is 23.7 Å². The molecule has 0 saturated carbocycles. The number of hydrogen-bond acceptors (Lipinski definition) is 7. The van der Waals surface area contributed by atoms with Gasteiger partial charge in [-0.25, -0.2) is 4.79 Å². The van der Waals surface area contributed by atoms with Crippen molar-refractivity contribution >= 4 is 46.9 Å². The highest BCUT2D eigenvalue weighted by Crippen LogP contribution is 2.27. The molecule has 3 atom stereocenters. The Labute approximate surface area is 226 Å². The number of halogens is 1. The van der Waals surface area contributed by atoms with Crippen molar-refractivity contribution in [3.8, 4) is 0 Å². The van der Waals surface area contributed by atoms with E-state index in [2.05, 4.69) is 10.6 Å². The van der Waals surface area contributed by atoms with Crippen LogP contribution in [0.3, 0.4) is 0 Å². The van der Waals surface area contributed by atoms with Crippen molar-refractivity contribution in [3.63, 3.8) is 0 Å². The molecule has 1 saturated heterocycles. The van der Waals surface area contributed by atoms with Crippen LogP contribution >= 0.6 is 11.6 Å². The van der Waals surface area contributed by atoms with E-state index in [1.165, 1.54) is 29.2 Å². The number of hydrogen-bond donors (Lipinski definition) is 4. The Kier molecular flexibility index (Phi) is 10.7. The third kappa shape index (κ3) is 8.47. The number of amides is 3. The highest BCUT2D eigenvalue weighted by atomic mass is 35.5. The Morgan fingerprint density at radius 3 is 2.50 bits per heavy atom. The summed E-state index contributed by atoms with van der Waals surface area (Å²) in [5, 5.41) is 14.8. The van der Waals surface area contributed by atoms with E-state index < -0.39 is 59.6 Å². The number of nitrogen functional groups attached to an aromatic ring is 1. The van der Waals surface area contributed by atoms with E-state index in [9.17, 15) is 29.1 Å². The molecule has 0 aromatic heterocycles. The van der Waals surface area contributed by atoms with Crippen molar-refractivity contribution in [1.82, 2.24) is 15.5 Å². The first-order valence-electron chi connectivity index (χ1n) is 12.3. The summed E-state index contributed by atoms with van der Waals surface area (Å²) in [6.45, 7) is 7.44. The molecule has 0 aliphatic carbocycles. The maximum Gasteiger partial charge on any atom is 0.330 e. The number of benzene rings is 1. The van der Waals surface area contributed by atoms with E-state index in [1.807, 2.05) is 0 Å². The molecule has 0 radical (unpaired) electrons. The normalized spacial score (nSPS) is 17.1. The zero-order valence-corrected chi connectivity index (χ0v) is 22.7. The average molecular weight is 551 g/mol. The highest BCUT2D eigenvalue weighted by molar-refractivity contribution is 6.33. The van der Waals surface area contributed by atoms with E-state index in [1.54, 1.807) is 27.7 Å². The minimum Gasteiger partial charge on any atom is -0.481 e. The zero-order valence-electron chi connectivity index (χ0n) is 22.0. The van der Waals surface area contributed by atoms with Crippen LogP contribution in [0.25, 0.3) is 0 Å². The number of nitrogens with zero attached hydrogens (tertiary/aromatic N) is 1. The Bertz CT molecular complexity index is 1100. The van der Waals surface area contributed by atoms with Crippen LogP contribution in [0.1, 0.15) is 57.3 Å². The molecule has 11 nitrogen and oxygen atoms in total. The predicted molar refractivity (Wildman–Crippen MR) is 141 cm³/mol. The van der Waals surface area contributed by atoms with Gasteiger partial charge in [-0.3, -0.25) is 19.2 Å². The highest BCUT2D eigenvalue weighted by Gasteiger charge is 2.42. The van der Waals surface area contributed by atoms with Gasteiger partial charge in [0.15, 0.2) is 0 Å². The van der Waals surface area contributed by atoms with Crippen LogP contribution in [0.5, 0.6) is 0 Å². The third-order valence-corrected chi connectivity index (χ3v) is 6.29. The van der Waals surface area contributed by atoms with E-state index in [4.69, 9.17) is 22.1 Å². The number of aliphatic carboxylic acids is 1. The minimum absolute atomic E-state index is 0.148. The first-order chi connectivity index (χ1) is 17.7. The quantitative estimate of drug-likeness (QED) is 0.195. The van der Waals surface area contributed by atoms with Gasteiger partial charge in [0.25, 0.3) is 5.91 Å². The number of rotatable bonds is 10. The molecule has 1 heterocycles. The van der Waals surface area contributed by atoms with Gasteiger partial charge in [-0.15, -0.1) is 0 Å². The van der Waals surface area contributed by atoms with Gasteiger partial charge in [-0.05, 0) is 43.4 Å². The van der Waals surface area contributed by atoms with Crippen LogP contribution in [-0.2, 0) is 23.9 Å². The SMILES string of the molecule is CCOC(=O)/C=C/[C@H](CC(=O)O)NC(=O)[C@H]1CCCN1C(=O)C(NC(=O)c1ccc(N)c(Cl)c1)C(C)(C)C. The summed E-state index contributed by atoms with van der Waals surface area (Å²) < 4.78 is 4.80. The number of esters is 1. The van der Waals surface area contributed by atoms with Crippen LogP contribution < -0.4 is 16.4 Å². The van der Waals surface area contributed by atoms with Crippen molar-refractivity contribution in [3.05, 3.63) is 40.9 Å². The summed E-state index contributed by atoms with van der Waals surface area (Å²) in [6, 6.07) is 1.57. The lowest BCUT2D eigenvalue weighted by Gasteiger charge is -2.35. The van der Waals surface area contributed by atoms with Gasteiger partial charge < -0.3 is 31.1 Å². The van der Waals surface area contributed by atoms with Crippen LogP contribution in [0, 0.1) is 5.41 Å². The lowest BCUT2D eigenvalue weighted by atomic mass is 9.85. The maximum absolute atomic E-state index is 13.7. The molecule has 3 amide bonds. The Balaban J connectivity index is 2.21. The fraction of sp³-hybridized carbons (Fsp3) is 0.500. The van der Waals surface area contributed by atoms with E-state index in [0.29, 0.717) is 18.5 Å². The number of anilines is 1. The monoisotopic (exact) mass is 550 g/mol. The van der Waals surface area contributed by atoms with Crippen LogP contribution in [0.2, 0.25) is 5.02 Å². The van der Waals surface area contributed by atoms with Gasteiger partial charge in [0.1, 0.15) is 12.1 Å². The fourth-order valence-corrected chi connectivity index (χ4v) is 4.20. The average Bonchev–Trinajstić information content (AvgIpc) is 3.31. The van der Waals surface area contributed by atoms with Crippen molar-refractivity contribution < 1.29 is 33.8 Å². The maximum atomic E-state index is 13.7.